The largest absolute Gasteiger partial charge is 0.475 e. The highest BCUT2D eigenvalue weighted by Gasteiger charge is 2.26. The third kappa shape index (κ3) is 3.77. The van der Waals surface area contributed by atoms with Crippen molar-refractivity contribution in [3.63, 3.8) is 0 Å². The highest BCUT2D eigenvalue weighted by atomic mass is 16.5. The molecular weight excluding hydrogens is 408 g/mol. The average molecular weight is 432 g/mol. The van der Waals surface area contributed by atoms with Crippen LogP contribution in [0.4, 0.5) is 0 Å². The predicted octanol–water partition coefficient (Wildman–Crippen LogP) is 5.64. The fourth-order valence-corrected chi connectivity index (χ4v) is 3.73. The van der Waals surface area contributed by atoms with Crippen LogP contribution < -0.4 is 9.47 Å². The zero-order valence-corrected chi connectivity index (χ0v) is 18.5. The van der Waals surface area contributed by atoms with Crippen LogP contribution in [-0.2, 0) is 0 Å². The van der Waals surface area contributed by atoms with E-state index in [1.165, 1.54) is 0 Å². The lowest BCUT2D eigenvalue weighted by Gasteiger charge is -2.13. The van der Waals surface area contributed by atoms with Crippen LogP contribution in [0.2, 0.25) is 0 Å². The summed E-state index contributed by atoms with van der Waals surface area (Å²) in [5, 5.41) is 8.02. The molecular formula is C25H24N2O5. The van der Waals surface area contributed by atoms with Gasteiger partial charge in [-0.05, 0) is 38.0 Å². The molecule has 0 N–H and O–H groups in total. The number of aromatic nitrogens is 2. The van der Waals surface area contributed by atoms with Crippen molar-refractivity contribution in [2.24, 2.45) is 0 Å². The van der Waals surface area contributed by atoms with E-state index < -0.39 is 0 Å². The summed E-state index contributed by atoms with van der Waals surface area (Å²) in [6.45, 7) is 8.22. The normalized spacial score (nSPS) is 10.9. The van der Waals surface area contributed by atoms with Crippen molar-refractivity contribution in [2.75, 3.05) is 13.2 Å². The van der Waals surface area contributed by atoms with Gasteiger partial charge in [-0.1, -0.05) is 48.5 Å². The molecule has 2 aromatic carbocycles. The Morgan fingerprint density at radius 3 is 1.56 bits per heavy atom. The molecule has 0 bridgehead atoms. The van der Waals surface area contributed by atoms with Crippen LogP contribution in [0.3, 0.4) is 0 Å². The Morgan fingerprint density at radius 2 is 1.16 bits per heavy atom. The smallest absolute Gasteiger partial charge is 0.262 e. The lowest BCUT2D eigenvalue weighted by Crippen LogP contribution is -2.07. The third-order valence-corrected chi connectivity index (χ3v) is 5.11. The number of hydrogen-bond acceptors (Lipinski definition) is 7. The first-order valence-corrected chi connectivity index (χ1v) is 10.5. The van der Waals surface area contributed by atoms with Crippen molar-refractivity contribution < 1.29 is 23.3 Å². The average Bonchev–Trinajstić information content (AvgIpc) is 3.35. The summed E-state index contributed by atoms with van der Waals surface area (Å²) in [4.78, 5) is 13.9. The van der Waals surface area contributed by atoms with Gasteiger partial charge in [0.2, 0.25) is 0 Å². The number of carbonyl (C=O) groups excluding carboxylic acids is 1. The number of hydrogen-bond donors (Lipinski definition) is 0. The number of ether oxygens (including phenoxy) is 2. The first kappa shape index (κ1) is 21.4. The minimum absolute atomic E-state index is 0.151. The molecule has 2 aromatic heterocycles. The summed E-state index contributed by atoms with van der Waals surface area (Å²) in [6, 6.07) is 14.7. The molecule has 0 unspecified atom stereocenters. The second-order valence-electron chi connectivity index (χ2n) is 7.12. The molecule has 2 heterocycles. The maximum atomic E-state index is 13.9. The van der Waals surface area contributed by atoms with Crippen LogP contribution >= 0.6 is 0 Å². The van der Waals surface area contributed by atoms with E-state index in [4.69, 9.17) is 18.5 Å². The highest BCUT2D eigenvalue weighted by molar-refractivity contribution is 6.16. The molecule has 0 aliphatic carbocycles. The van der Waals surface area contributed by atoms with Crippen molar-refractivity contribution in [3.8, 4) is 34.0 Å². The Kier molecular flexibility index (Phi) is 6.07. The Hall–Kier alpha value is -3.87. The summed E-state index contributed by atoms with van der Waals surface area (Å²) in [7, 11) is 0. The fraction of sp³-hybridized carbons (Fsp3) is 0.240. The van der Waals surface area contributed by atoms with Gasteiger partial charge in [-0.3, -0.25) is 4.79 Å². The number of aryl methyl sites for hydroxylation is 2. The van der Waals surface area contributed by atoms with Crippen LogP contribution in [0.5, 0.6) is 11.8 Å². The topological polar surface area (TPSA) is 87.6 Å². The summed E-state index contributed by atoms with van der Waals surface area (Å²) in [6.07, 6.45) is 0. The van der Waals surface area contributed by atoms with Gasteiger partial charge in [0.05, 0.1) is 24.3 Å². The molecule has 0 fully saturated rings. The maximum absolute atomic E-state index is 13.9. The zero-order valence-electron chi connectivity index (χ0n) is 18.5. The monoisotopic (exact) mass is 432 g/mol. The lowest BCUT2D eigenvalue weighted by atomic mass is 9.90. The number of rotatable bonds is 8. The van der Waals surface area contributed by atoms with Crippen molar-refractivity contribution in [1.29, 1.82) is 0 Å². The maximum Gasteiger partial charge on any atom is 0.262 e. The van der Waals surface area contributed by atoms with E-state index in [1.807, 2.05) is 50.2 Å². The lowest BCUT2D eigenvalue weighted by molar-refractivity contribution is 0.104. The standard InChI is InChI=1S/C25H24N2O5/c1-5-29-24-21(15(3)31-26-24)17-11-7-9-13-19(17)23(28)20-14-10-8-12-18(20)22-16(4)32-27-25(22)30-6-2/h7-14H,5-6H2,1-4H3. The van der Waals surface area contributed by atoms with E-state index in [9.17, 15) is 4.79 Å². The molecule has 0 radical (unpaired) electrons. The van der Waals surface area contributed by atoms with Gasteiger partial charge in [0.25, 0.3) is 11.8 Å². The Morgan fingerprint density at radius 1 is 0.750 bits per heavy atom. The van der Waals surface area contributed by atoms with Gasteiger partial charge in [0.15, 0.2) is 5.78 Å². The number of nitrogens with zero attached hydrogens (tertiary/aromatic N) is 2. The molecule has 0 aliphatic heterocycles. The molecule has 0 atom stereocenters. The Bertz CT molecular complexity index is 1160. The van der Waals surface area contributed by atoms with Gasteiger partial charge in [0.1, 0.15) is 11.5 Å². The summed E-state index contributed by atoms with van der Waals surface area (Å²) in [5.74, 6) is 1.74. The summed E-state index contributed by atoms with van der Waals surface area (Å²) >= 11 is 0. The number of carbonyl (C=O) groups is 1. The second kappa shape index (κ2) is 9.09. The van der Waals surface area contributed by atoms with Gasteiger partial charge in [-0.2, -0.15) is 0 Å². The van der Waals surface area contributed by atoms with Gasteiger partial charge in [0, 0.05) is 22.3 Å². The van der Waals surface area contributed by atoms with E-state index in [-0.39, 0.29) is 5.78 Å². The summed E-state index contributed by atoms with van der Waals surface area (Å²) in [5.41, 5.74) is 3.76. The van der Waals surface area contributed by atoms with E-state index >= 15 is 0 Å². The molecule has 0 spiro atoms. The molecule has 4 aromatic rings. The molecule has 164 valence electrons. The molecule has 0 aliphatic rings. The second-order valence-corrected chi connectivity index (χ2v) is 7.12. The minimum Gasteiger partial charge on any atom is -0.475 e. The highest BCUT2D eigenvalue weighted by Crippen LogP contribution is 2.39. The van der Waals surface area contributed by atoms with E-state index in [0.29, 0.717) is 69.9 Å². The number of benzene rings is 2. The van der Waals surface area contributed by atoms with Gasteiger partial charge in [-0.25, -0.2) is 0 Å². The number of ketones is 1. The molecule has 32 heavy (non-hydrogen) atoms. The van der Waals surface area contributed by atoms with Crippen LogP contribution in [-0.4, -0.2) is 29.3 Å². The predicted molar refractivity (Wildman–Crippen MR) is 119 cm³/mol. The van der Waals surface area contributed by atoms with Crippen molar-refractivity contribution in [2.45, 2.75) is 27.7 Å². The Balaban J connectivity index is 1.86. The quantitative estimate of drug-likeness (QED) is 0.333. The van der Waals surface area contributed by atoms with Crippen molar-refractivity contribution >= 4 is 5.78 Å². The minimum atomic E-state index is -0.151. The van der Waals surface area contributed by atoms with Crippen LogP contribution in [0.25, 0.3) is 22.3 Å². The summed E-state index contributed by atoms with van der Waals surface area (Å²) < 4.78 is 22.0. The molecule has 4 rings (SSSR count). The zero-order chi connectivity index (χ0) is 22.7. The van der Waals surface area contributed by atoms with Crippen LogP contribution in [0.15, 0.2) is 57.6 Å². The molecule has 0 saturated carbocycles. The van der Waals surface area contributed by atoms with Crippen molar-refractivity contribution in [1.82, 2.24) is 10.3 Å². The van der Waals surface area contributed by atoms with E-state index in [1.54, 1.807) is 26.0 Å². The molecule has 7 nitrogen and oxygen atoms in total. The van der Waals surface area contributed by atoms with E-state index in [2.05, 4.69) is 10.3 Å². The first-order chi connectivity index (χ1) is 15.6. The van der Waals surface area contributed by atoms with E-state index in [0.717, 1.165) is 0 Å². The van der Waals surface area contributed by atoms with Crippen LogP contribution in [0, 0.1) is 13.8 Å². The molecule has 0 amide bonds. The molecule has 0 saturated heterocycles. The molecule has 7 heteroatoms. The third-order valence-electron chi connectivity index (χ3n) is 5.11. The van der Waals surface area contributed by atoms with Gasteiger partial charge in [-0.15, -0.1) is 0 Å². The van der Waals surface area contributed by atoms with Crippen molar-refractivity contribution in [3.05, 3.63) is 71.2 Å². The SMILES string of the molecule is CCOc1noc(C)c1-c1ccccc1C(=O)c1ccccc1-c1c(OCC)noc1C. The Labute approximate surface area is 185 Å². The van der Waals surface area contributed by atoms with Gasteiger partial charge < -0.3 is 18.5 Å². The first-order valence-electron chi connectivity index (χ1n) is 10.5. The van der Waals surface area contributed by atoms with Gasteiger partial charge >= 0.3 is 0 Å². The fourth-order valence-electron chi connectivity index (χ4n) is 3.73. The van der Waals surface area contributed by atoms with Crippen LogP contribution in [0.1, 0.15) is 41.3 Å².